The topological polar surface area (TPSA) is 83.6 Å². The van der Waals surface area contributed by atoms with Gasteiger partial charge in [0.25, 0.3) is 0 Å². The molecule has 0 aliphatic carbocycles. The Balaban J connectivity index is 2.77. The van der Waals surface area contributed by atoms with E-state index in [0.29, 0.717) is 0 Å². The first-order valence-corrected chi connectivity index (χ1v) is 10.1. The molecule has 0 bridgehead atoms. The minimum absolute atomic E-state index is 0.0241. The van der Waals surface area contributed by atoms with Crippen molar-refractivity contribution in [3.8, 4) is 0 Å². The van der Waals surface area contributed by atoms with Crippen molar-refractivity contribution in [3.05, 3.63) is 35.4 Å². The van der Waals surface area contributed by atoms with E-state index in [1.54, 1.807) is 0 Å². The second kappa shape index (κ2) is 7.35. The molecule has 120 valence electrons. The maximum Gasteiger partial charge on any atom is 0.211 e. The summed E-state index contributed by atoms with van der Waals surface area (Å²) in [5.74, 6) is -0.0241. The fourth-order valence-electron chi connectivity index (χ4n) is 1.77. The third kappa shape index (κ3) is 6.13. The SMILES string of the molecule is CCS(=O)(=O)NCCN(Cc1ccccc1C)S(C)(=O)=O. The normalized spacial score (nSPS) is 12.8. The number of aryl methyl sites for hydroxylation is 1. The van der Waals surface area contributed by atoms with Crippen molar-refractivity contribution < 1.29 is 16.8 Å². The summed E-state index contributed by atoms with van der Waals surface area (Å²) in [7, 11) is -6.72. The van der Waals surface area contributed by atoms with Crippen LogP contribution in [-0.2, 0) is 26.6 Å². The zero-order chi connectivity index (χ0) is 16.1. The predicted octanol–water partition coefficient (Wildman–Crippen LogP) is 0.696. The fraction of sp³-hybridized carbons (Fsp3) is 0.538. The molecule has 0 spiro atoms. The molecular weight excluding hydrogens is 312 g/mol. The summed E-state index contributed by atoms with van der Waals surface area (Å²) in [6, 6.07) is 7.51. The summed E-state index contributed by atoms with van der Waals surface area (Å²) in [5, 5.41) is 0. The van der Waals surface area contributed by atoms with E-state index < -0.39 is 20.0 Å². The first-order chi connectivity index (χ1) is 9.65. The average molecular weight is 334 g/mol. The van der Waals surface area contributed by atoms with Crippen LogP contribution in [0.2, 0.25) is 0 Å². The summed E-state index contributed by atoms with van der Waals surface area (Å²) in [6.07, 6.45) is 1.12. The molecule has 0 heterocycles. The van der Waals surface area contributed by atoms with Gasteiger partial charge >= 0.3 is 0 Å². The number of sulfonamides is 2. The molecule has 0 amide bonds. The van der Waals surface area contributed by atoms with E-state index in [-0.39, 0.29) is 25.4 Å². The Kier molecular flexibility index (Phi) is 6.33. The highest BCUT2D eigenvalue weighted by atomic mass is 32.2. The third-order valence-corrected chi connectivity index (χ3v) is 5.79. The summed E-state index contributed by atoms with van der Waals surface area (Å²) in [5.41, 5.74) is 1.90. The van der Waals surface area contributed by atoms with Gasteiger partial charge in [-0.15, -0.1) is 0 Å². The summed E-state index contributed by atoms with van der Waals surface area (Å²) in [4.78, 5) is 0. The van der Waals surface area contributed by atoms with Crippen LogP contribution in [0.25, 0.3) is 0 Å². The number of nitrogens with one attached hydrogen (secondary N) is 1. The minimum Gasteiger partial charge on any atom is -0.214 e. The molecule has 1 aromatic rings. The third-order valence-electron chi connectivity index (χ3n) is 3.14. The van der Waals surface area contributed by atoms with Crippen LogP contribution >= 0.6 is 0 Å². The van der Waals surface area contributed by atoms with Gasteiger partial charge in [-0.25, -0.2) is 21.6 Å². The van der Waals surface area contributed by atoms with E-state index in [4.69, 9.17) is 0 Å². The number of hydrogen-bond acceptors (Lipinski definition) is 4. The molecule has 0 saturated carbocycles. The maximum atomic E-state index is 11.8. The van der Waals surface area contributed by atoms with Crippen LogP contribution < -0.4 is 4.72 Å². The molecule has 0 aliphatic heterocycles. The van der Waals surface area contributed by atoms with Gasteiger partial charge in [-0.05, 0) is 25.0 Å². The van der Waals surface area contributed by atoms with Crippen molar-refractivity contribution in [2.75, 3.05) is 25.1 Å². The van der Waals surface area contributed by atoms with E-state index in [9.17, 15) is 16.8 Å². The lowest BCUT2D eigenvalue weighted by molar-refractivity contribution is 0.411. The van der Waals surface area contributed by atoms with Gasteiger partial charge in [0.1, 0.15) is 0 Å². The van der Waals surface area contributed by atoms with Crippen LogP contribution in [0, 0.1) is 6.92 Å². The lowest BCUT2D eigenvalue weighted by atomic mass is 10.1. The van der Waals surface area contributed by atoms with Crippen molar-refractivity contribution >= 4 is 20.0 Å². The lowest BCUT2D eigenvalue weighted by Crippen LogP contribution is -2.38. The van der Waals surface area contributed by atoms with Crippen LogP contribution in [0.3, 0.4) is 0 Å². The molecular formula is C13H22N2O4S2. The largest absolute Gasteiger partial charge is 0.214 e. The Morgan fingerprint density at radius 2 is 1.76 bits per heavy atom. The molecule has 1 N–H and O–H groups in total. The number of hydrogen-bond donors (Lipinski definition) is 1. The van der Waals surface area contributed by atoms with Gasteiger partial charge in [0, 0.05) is 19.6 Å². The Morgan fingerprint density at radius 3 is 2.29 bits per heavy atom. The van der Waals surface area contributed by atoms with Crippen molar-refractivity contribution in [3.63, 3.8) is 0 Å². The highest BCUT2D eigenvalue weighted by molar-refractivity contribution is 7.89. The fourth-order valence-corrected chi connectivity index (χ4v) is 3.17. The molecule has 0 aromatic heterocycles. The lowest BCUT2D eigenvalue weighted by Gasteiger charge is -2.21. The summed E-state index contributed by atoms with van der Waals surface area (Å²) < 4.78 is 50.0. The molecule has 6 nitrogen and oxygen atoms in total. The maximum absolute atomic E-state index is 11.8. The van der Waals surface area contributed by atoms with Crippen LogP contribution in [-0.4, -0.2) is 46.2 Å². The van der Waals surface area contributed by atoms with E-state index in [2.05, 4.69) is 4.72 Å². The van der Waals surface area contributed by atoms with Gasteiger partial charge in [0.05, 0.1) is 12.0 Å². The Hall–Kier alpha value is -0.960. The standard InChI is InChI=1S/C13H22N2O4S2/c1-4-21(18,19)14-9-10-15(20(3,16)17)11-13-8-6-5-7-12(13)2/h5-8,14H,4,9-11H2,1-3H3. The molecule has 0 aliphatic rings. The van der Waals surface area contributed by atoms with Crippen molar-refractivity contribution in [2.45, 2.75) is 20.4 Å². The van der Waals surface area contributed by atoms with E-state index >= 15 is 0 Å². The average Bonchev–Trinajstić information content (AvgIpc) is 2.38. The minimum atomic E-state index is -3.41. The number of nitrogens with zero attached hydrogens (tertiary/aromatic N) is 1. The predicted molar refractivity (Wildman–Crippen MR) is 83.9 cm³/mol. The summed E-state index contributed by atoms with van der Waals surface area (Å²) in [6.45, 7) is 3.85. The second-order valence-electron chi connectivity index (χ2n) is 4.82. The zero-order valence-electron chi connectivity index (χ0n) is 12.5. The van der Waals surface area contributed by atoms with Gasteiger partial charge in [-0.3, -0.25) is 0 Å². The van der Waals surface area contributed by atoms with Crippen LogP contribution in [0.5, 0.6) is 0 Å². The summed E-state index contributed by atoms with van der Waals surface area (Å²) >= 11 is 0. The highest BCUT2D eigenvalue weighted by Crippen LogP contribution is 2.12. The Bertz CT molecular complexity index is 669. The van der Waals surface area contributed by atoms with E-state index in [0.717, 1.165) is 17.4 Å². The van der Waals surface area contributed by atoms with Gasteiger partial charge in [-0.2, -0.15) is 4.31 Å². The van der Waals surface area contributed by atoms with Gasteiger partial charge < -0.3 is 0 Å². The molecule has 0 atom stereocenters. The van der Waals surface area contributed by atoms with Gasteiger partial charge in [-0.1, -0.05) is 24.3 Å². The molecule has 1 aromatic carbocycles. The molecule has 0 fully saturated rings. The highest BCUT2D eigenvalue weighted by Gasteiger charge is 2.18. The molecule has 0 radical (unpaired) electrons. The smallest absolute Gasteiger partial charge is 0.211 e. The molecule has 0 saturated heterocycles. The van der Waals surface area contributed by atoms with E-state index in [1.807, 2.05) is 31.2 Å². The van der Waals surface area contributed by atoms with E-state index in [1.165, 1.54) is 11.2 Å². The monoisotopic (exact) mass is 334 g/mol. The Morgan fingerprint density at radius 1 is 1.14 bits per heavy atom. The first-order valence-electron chi connectivity index (χ1n) is 6.62. The molecule has 8 heteroatoms. The van der Waals surface area contributed by atoms with Crippen molar-refractivity contribution in [1.82, 2.24) is 9.03 Å². The zero-order valence-corrected chi connectivity index (χ0v) is 14.2. The quantitative estimate of drug-likeness (QED) is 0.758. The second-order valence-corrected chi connectivity index (χ2v) is 8.90. The molecule has 1 rings (SSSR count). The van der Waals surface area contributed by atoms with Gasteiger partial charge in [0.15, 0.2) is 0 Å². The van der Waals surface area contributed by atoms with Crippen molar-refractivity contribution in [2.24, 2.45) is 0 Å². The van der Waals surface area contributed by atoms with Crippen LogP contribution in [0.1, 0.15) is 18.1 Å². The number of benzene rings is 1. The number of rotatable bonds is 8. The molecule has 21 heavy (non-hydrogen) atoms. The van der Waals surface area contributed by atoms with Crippen LogP contribution in [0.15, 0.2) is 24.3 Å². The Labute approximate surface area is 127 Å². The van der Waals surface area contributed by atoms with Gasteiger partial charge in [0.2, 0.25) is 20.0 Å². The first kappa shape index (κ1) is 18.1. The molecule has 0 unspecified atom stereocenters. The van der Waals surface area contributed by atoms with Crippen molar-refractivity contribution in [1.29, 1.82) is 0 Å². The van der Waals surface area contributed by atoms with Crippen LogP contribution in [0.4, 0.5) is 0 Å².